The fraction of sp³-hybridized carbons (Fsp3) is 1.00. The lowest BCUT2D eigenvalue weighted by molar-refractivity contribution is 0.281. The van der Waals surface area contributed by atoms with Crippen molar-refractivity contribution in [2.45, 2.75) is 118 Å². The summed E-state index contributed by atoms with van der Waals surface area (Å²) in [5.74, 6) is 0. The molecular weight excluding hydrogens is 266 g/mol. The first-order valence-corrected chi connectivity index (χ1v) is 10.5. The molecule has 1 nitrogen and oxygen atoms in total. The molecule has 0 amide bonds. The van der Waals surface area contributed by atoms with E-state index in [-0.39, 0.29) is 0 Å². The van der Waals surface area contributed by atoms with Crippen LogP contribution in [0.5, 0.6) is 0 Å². The summed E-state index contributed by atoms with van der Waals surface area (Å²) in [6.45, 7) is 15.1. The molecule has 0 spiro atoms. The minimum Gasteiger partial charge on any atom is -0.304 e. The van der Waals surface area contributed by atoms with Crippen LogP contribution < -0.4 is 0 Å². The molecule has 0 heterocycles. The highest BCUT2D eigenvalue weighted by molar-refractivity contribution is 4.54. The molecule has 0 unspecified atom stereocenters. The number of hydrogen-bond acceptors (Lipinski definition) is 1. The normalized spacial score (nSPS) is 10.6. The molecule has 0 aliphatic carbocycles. The molecule has 0 aromatic heterocycles. The van der Waals surface area contributed by atoms with E-state index in [4.69, 9.17) is 0 Å². The Balaban J connectivity index is 0. The summed E-state index contributed by atoms with van der Waals surface area (Å²) >= 11 is 0. The first kappa shape index (κ1) is 24.2. The predicted octanol–water partition coefficient (Wildman–Crippen LogP) is 7.45. The smallest absolute Gasteiger partial charge is 0.00189 e. The highest BCUT2D eigenvalue weighted by atomic mass is 15.1. The third-order valence-electron chi connectivity index (χ3n) is 4.27. The predicted molar refractivity (Wildman–Crippen MR) is 105 cm³/mol. The molecular formula is C21H47N. The molecule has 0 atom stereocenters. The van der Waals surface area contributed by atoms with Gasteiger partial charge in [0, 0.05) is 0 Å². The maximum atomic E-state index is 2.56. The van der Waals surface area contributed by atoms with Crippen molar-refractivity contribution in [3.63, 3.8) is 0 Å². The van der Waals surface area contributed by atoms with Crippen LogP contribution in [0.15, 0.2) is 0 Å². The van der Waals surface area contributed by atoms with Crippen LogP contribution in [0.4, 0.5) is 0 Å². The zero-order valence-electron chi connectivity index (χ0n) is 16.8. The third kappa shape index (κ3) is 22.2. The van der Waals surface area contributed by atoms with Crippen molar-refractivity contribution in [2.75, 3.05) is 19.6 Å². The molecule has 0 aliphatic heterocycles. The van der Waals surface area contributed by atoms with E-state index in [0.29, 0.717) is 0 Å². The minimum atomic E-state index is 1.22. The van der Waals surface area contributed by atoms with Gasteiger partial charge >= 0.3 is 0 Å². The monoisotopic (exact) mass is 313 g/mol. The Labute approximate surface area is 143 Å². The van der Waals surface area contributed by atoms with Gasteiger partial charge in [-0.15, -0.1) is 0 Å². The Morgan fingerprint density at radius 1 is 0.409 bits per heavy atom. The topological polar surface area (TPSA) is 3.24 Å². The Morgan fingerprint density at radius 2 is 0.818 bits per heavy atom. The quantitative estimate of drug-likeness (QED) is 0.284. The lowest BCUT2D eigenvalue weighted by Gasteiger charge is -2.18. The summed E-state index contributed by atoms with van der Waals surface area (Å²) in [6, 6.07) is 0. The molecule has 0 fully saturated rings. The Bertz CT molecular complexity index is 161. The van der Waals surface area contributed by atoms with Gasteiger partial charge in [-0.1, -0.05) is 105 Å². The average Bonchev–Trinajstić information content (AvgIpc) is 2.54. The van der Waals surface area contributed by atoms with E-state index in [0.717, 1.165) is 0 Å². The summed E-state index contributed by atoms with van der Waals surface area (Å²) in [5.41, 5.74) is 0. The fourth-order valence-electron chi connectivity index (χ4n) is 2.71. The molecule has 0 rings (SSSR count). The molecule has 0 saturated carbocycles. The maximum absolute atomic E-state index is 2.56. The van der Waals surface area contributed by atoms with Crippen molar-refractivity contribution in [1.82, 2.24) is 4.90 Å². The number of nitrogens with zero attached hydrogens (tertiary/aromatic N) is 1. The average molecular weight is 314 g/mol. The van der Waals surface area contributed by atoms with E-state index in [1.165, 1.54) is 103 Å². The summed E-state index contributed by atoms with van der Waals surface area (Å²) in [4.78, 5) is 2.56. The zero-order chi connectivity index (χ0) is 16.9. The van der Waals surface area contributed by atoms with E-state index in [2.05, 4.69) is 39.5 Å². The van der Waals surface area contributed by atoms with Crippen LogP contribution in [-0.2, 0) is 0 Å². The van der Waals surface area contributed by atoms with Crippen LogP contribution in [-0.4, -0.2) is 24.5 Å². The van der Waals surface area contributed by atoms with Crippen LogP contribution in [0.25, 0.3) is 0 Å². The maximum Gasteiger partial charge on any atom is -0.00189 e. The van der Waals surface area contributed by atoms with Crippen molar-refractivity contribution < 1.29 is 0 Å². The first-order chi connectivity index (χ1) is 10.8. The van der Waals surface area contributed by atoms with Gasteiger partial charge in [-0.2, -0.15) is 0 Å². The van der Waals surface area contributed by atoms with Crippen LogP contribution in [0.2, 0.25) is 0 Å². The van der Waals surface area contributed by atoms with Crippen molar-refractivity contribution in [3.8, 4) is 0 Å². The van der Waals surface area contributed by atoms with Crippen molar-refractivity contribution in [2.24, 2.45) is 0 Å². The third-order valence-corrected chi connectivity index (χ3v) is 4.27. The van der Waals surface area contributed by atoms with E-state index >= 15 is 0 Å². The second-order valence-electron chi connectivity index (χ2n) is 6.62. The number of unbranched alkanes of at least 4 members (excludes halogenated alkanes) is 10. The van der Waals surface area contributed by atoms with E-state index in [1.807, 2.05) is 0 Å². The first-order valence-electron chi connectivity index (χ1n) is 10.5. The summed E-state index contributed by atoms with van der Waals surface area (Å²) in [6.07, 6.45) is 18.3. The molecule has 22 heavy (non-hydrogen) atoms. The Hall–Kier alpha value is -0.0400. The largest absolute Gasteiger partial charge is 0.304 e. The van der Waals surface area contributed by atoms with Crippen molar-refractivity contribution >= 4 is 0 Å². The zero-order valence-corrected chi connectivity index (χ0v) is 16.8. The second-order valence-corrected chi connectivity index (χ2v) is 6.62. The van der Waals surface area contributed by atoms with Gasteiger partial charge < -0.3 is 4.90 Å². The number of hydrogen-bond donors (Lipinski definition) is 0. The molecule has 0 aliphatic rings. The molecule has 0 aromatic carbocycles. The van der Waals surface area contributed by atoms with Gasteiger partial charge in [-0.25, -0.2) is 0 Å². The molecule has 136 valence electrons. The molecule has 0 saturated heterocycles. The standard InChI is InChI=1S/C12H27N.C9H20/c1-4-7-8-9-10-12-13(6-3)11-5-2;1-3-5-7-9-8-6-4-2/h4-12H2,1-3H3;3-9H2,1-2H3. The highest BCUT2D eigenvalue weighted by Gasteiger charge is 1.99. The van der Waals surface area contributed by atoms with Gasteiger partial charge in [0.2, 0.25) is 0 Å². The summed E-state index contributed by atoms with van der Waals surface area (Å²) in [7, 11) is 0. The van der Waals surface area contributed by atoms with Gasteiger partial charge in [-0.05, 0) is 32.5 Å². The van der Waals surface area contributed by atoms with Crippen LogP contribution in [0, 0.1) is 0 Å². The lowest BCUT2D eigenvalue weighted by Crippen LogP contribution is -2.25. The molecule has 1 heteroatoms. The van der Waals surface area contributed by atoms with Crippen LogP contribution >= 0.6 is 0 Å². The van der Waals surface area contributed by atoms with Crippen LogP contribution in [0.1, 0.15) is 118 Å². The van der Waals surface area contributed by atoms with E-state index in [9.17, 15) is 0 Å². The van der Waals surface area contributed by atoms with Gasteiger partial charge in [0.1, 0.15) is 0 Å². The minimum absolute atomic E-state index is 1.22. The van der Waals surface area contributed by atoms with Gasteiger partial charge in [-0.3, -0.25) is 0 Å². The van der Waals surface area contributed by atoms with Gasteiger partial charge in [0.15, 0.2) is 0 Å². The highest BCUT2D eigenvalue weighted by Crippen LogP contribution is 2.06. The SMILES string of the molecule is CCCCCCCCC.CCCCCCCN(CC)CCC. The Morgan fingerprint density at radius 3 is 1.18 bits per heavy atom. The van der Waals surface area contributed by atoms with Gasteiger partial charge in [0.25, 0.3) is 0 Å². The van der Waals surface area contributed by atoms with Gasteiger partial charge in [0.05, 0.1) is 0 Å². The fourth-order valence-corrected chi connectivity index (χ4v) is 2.71. The molecule has 0 aromatic rings. The van der Waals surface area contributed by atoms with E-state index < -0.39 is 0 Å². The Kier molecular flexibility index (Phi) is 25.6. The summed E-state index contributed by atoms with van der Waals surface area (Å²) in [5, 5.41) is 0. The molecule has 0 bridgehead atoms. The summed E-state index contributed by atoms with van der Waals surface area (Å²) < 4.78 is 0. The van der Waals surface area contributed by atoms with E-state index in [1.54, 1.807) is 0 Å². The van der Waals surface area contributed by atoms with Crippen molar-refractivity contribution in [3.05, 3.63) is 0 Å². The van der Waals surface area contributed by atoms with Crippen molar-refractivity contribution in [1.29, 1.82) is 0 Å². The molecule has 0 N–H and O–H groups in total. The second kappa shape index (κ2) is 23.2. The lowest BCUT2D eigenvalue weighted by atomic mass is 10.1. The number of rotatable bonds is 15. The molecule has 0 radical (unpaired) electrons. The van der Waals surface area contributed by atoms with Crippen LogP contribution in [0.3, 0.4) is 0 Å².